The maximum Gasteiger partial charge on any atom is 0.147 e. The molecule has 0 saturated carbocycles. The molecule has 0 amide bonds. The molecule has 1 saturated heterocycles. The Morgan fingerprint density at radius 2 is 1.68 bits per heavy atom. The van der Waals surface area contributed by atoms with E-state index in [1.807, 2.05) is 0 Å². The molecule has 0 atom stereocenters. The molecule has 0 unspecified atom stereocenters. The highest BCUT2D eigenvalue weighted by Crippen LogP contribution is 2.35. The first-order valence-corrected chi connectivity index (χ1v) is 6.78. The van der Waals surface area contributed by atoms with Crippen molar-refractivity contribution < 1.29 is 0 Å². The Morgan fingerprint density at radius 1 is 1.11 bits per heavy atom. The fraction of sp³-hybridized carbons (Fsp3) is 0.500. The second-order valence-corrected chi connectivity index (χ2v) is 5.51. The summed E-state index contributed by atoms with van der Waals surface area (Å²) >= 11 is 0. The lowest BCUT2D eigenvalue weighted by molar-refractivity contribution is 0.393. The van der Waals surface area contributed by atoms with Gasteiger partial charge in [0.05, 0.1) is 12.1 Å². The van der Waals surface area contributed by atoms with E-state index < -0.39 is 5.41 Å². The predicted molar refractivity (Wildman–Crippen MR) is 75.6 cm³/mol. The Hall–Kier alpha value is -2.00. The molecule has 0 aliphatic carbocycles. The van der Waals surface area contributed by atoms with Gasteiger partial charge in [0.2, 0.25) is 0 Å². The molecule has 0 bridgehead atoms. The van der Waals surface area contributed by atoms with Gasteiger partial charge in [-0.15, -0.1) is 0 Å². The molecular formula is C16H19N3. The summed E-state index contributed by atoms with van der Waals surface area (Å²) < 4.78 is 0. The average Bonchev–Trinajstić information content (AvgIpc) is 2.47. The first kappa shape index (κ1) is 13.4. The van der Waals surface area contributed by atoms with Gasteiger partial charge in [0.15, 0.2) is 0 Å². The zero-order chi connectivity index (χ0) is 13.9. The van der Waals surface area contributed by atoms with Gasteiger partial charge in [-0.3, -0.25) is 0 Å². The van der Waals surface area contributed by atoms with E-state index in [2.05, 4.69) is 55.2 Å². The van der Waals surface area contributed by atoms with Crippen molar-refractivity contribution in [2.45, 2.75) is 32.6 Å². The van der Waals surface area contributed by atoms with E-state index in [1.165, 1.54) is 11.3 Å². The molecule has 1 aromatic rings. The molecule has 1 aromatic carbocycles. The number of hydrogen-bond donors (Lipinski definition) is 0. The second kappa shape index (κ2) is 5.33. The molecule has 3 nitrogen and oxygen atoms in total. The molecule has 1 aliphatic heterocycles. The van der Waals surface area contributed by atoms with E-state index in [4.69, 9.17) is 10.5 Å². The quantitative estimate of drug-likeness (QED) is 0.811. The molecule has 0 aromatic heterocycles. The zero-order valence-corrected chi connectivity index (χ0v) is 11.6. The van der Waals surface area contributed by atoms with E-state index in [0.717, 1.165) is 13.1 Å². The van der Waals surface area contributed by atoms with E-state index in [9.17, 15) is 0 Å². The monoisotopic (exact) mass is 253 g/mol. The minimum atomic E-state index is -0.775. The molecule has 98 valence electrons. The molecule has 3 heteroatoms. The van der Waals surface area contributed by atoms with Crippen molar-refractivity contribution in [3.8, 4) is 12.1 Å². The van der Waals surface area contributed by atoms with Gasteiger partial charge in [-0.2, -0.15) is 10.5 Å². The number of anilines is 1. The summed E-state index contributed by atoms with van der Waals surface area (Å²) in [6.07, 6.45) is 1.26. The maximum atomic E-state index is 9.15. The summed E-state index contributed by atoms with van der Waals surface area (Å²) in [4.78, 5) is 2.31. The van der Waals surface area contributed by atoms with Gasteiger partial charge >= 0.3 is 0 Å². The van der Waals surface area contributed by atoms with Gasteiger partial charge < -0.3 is 4.90 Å². The maximum absolute atomic E-state index is 9.15. The minimum Gasteiger partial charge on any atom is -0.371 e. The van der Waals surface area contributed by atoms with Crippen LogP contribution in [0.5, 0.6) is 0 Å². The number of rotatable bonds is 2. The van der Waals surface area contributed by atoms with Crippen molar-refractivity contribution in [3.63, 3.8) is 0 Å². The van der Waals surface area contributed by atoms with Crippen LogP contribution in [-0.2, 0) is 0 Å². The number of benzene rings is 1. The van der Waals surface area contributed by atoms with E-state index in [-0.39, 0.29) is 0 Å². The lowest BCUT2D eigenvalue weighted by Gasteiger charge is -2.36. The van der Waals surface area contributed by atoms with E-state index in [0.29, 0.717) is 18.8 Å². The standard InChI is InChI=1S/C16H19N3/c1-13(2)14-5-3-4-6-15(14)19-9-7-16(11-17,12-18)8-10-19/h3-6,13H,7-10H2,1-2H3. The molecule has 2 rings (SSSR count). The number of nitriles is 2. The summed E-state index contributed by atoms with van der Waals surface area (Å²) in [6.45, 7) is 5.95. The fourth-order valence-corrected chi connectivity index (χ4v) is 2.64. The van der Waals surface area contributed by atoms with Crippen LogP contribution in [0.15, 0.2) is 24.3 Å². The van der Waals surface area contributed by atoms with Crippen LogP contribution in [0.25, 0.3) is 0 Å². The van der Waals surface area contributed by atoms with Crippen LogP contribution in [0.3, 0.4) is 0 Å². The Balaban J connectivity index is 2.20. The van der Waals surface area contributed by atoms with Gasteiger partial charge in [-0.25, -0.2) is 0 Å². The molecule has 1 aliphatic rings. The van der Waals surface area contributed by atoms with Gasteiger partial charge in [-0.05, 0) is 30.4 Å². The van der Waals surface area contributed by atoms with Crippen LogP contribution in [-0.4, -0.2) is 13.1 Å². The minimum absolute atomic E-state index is 0.481. The highest BCUT2D eigenvalue weighted by molar-refractivity contribution is 5.55. The number of para-hydroxylation sites is 1. The third kappa shape index (κ3) is 2.56. The predicted octanol–water partition coefficient (Wildman–Crippen LogP) is 3.44. The Morgan fingerprint density at radius 3 is 2.21 bits per heavy atom. The average molecular weight is 253 g/mol. The Labute approximate surface area is 115 Å². The summed E-state index contributed by atoms with van der Waals surface area (Å²) in [6, 6.07) is 12.8. The molecule has 0 spiro atoms. The largest absolute Gasteiger partial charge is 0.371 e. The molecular weight excluding hydrogens is 234 g/mol. The van der Waals surface area contributed by atoms with Crippen molar-refractivity contribution in [2.24, 2.45) is 5.41 Å². The third-order valence-electron chi connectivity index (χ3n) is 3.94. The van der Waals surface area contributed by atoms with Gasteiger partial charge in [0.1, 0.15) is 5.41 Å². The second-order valence-electron chi connectivity index (χ2n) is 5.51. The number of piperidine rings is 1. The first-order valence-electron chi connectivity index (χ1n) is 6.78. The number of hydrogen-bond acceptors (Lipinski definition) is 3. The van der Waals surface area contributed by atoms with Crippen molar-refractivity contribution in [3.05, 3.63) is 29.8 Å². The highest BCUT2D eigenvalue weighted by Gasteiger charge is 2.35. The van der Waals surface area contributed by atoms with E-state index >= 15 is 0 Å². The Bertz CT molecular complexity index is 510. The van der Waals surface area contributed by atoms with Gasteiger partial charge in [0, 0.05) is 18.8 Å². The van der Waals surface area contributed by atoms with Crippen LogP contribution < -0.4 is 4.90 Å². The van der Waals surface area contributed by atoms with Crippen molar-refractivity contribution in [1.29, 1.82) is 10.5 Å². The van der Waals surface area contributed by atoms with Crippen molar-refractivity contribution in [1.82, 2.24) is 0 Å². The first-order chi connectivity index (χ1) is 9.12. The van der Waals surface area contributed by atoms with Crippen molar-refractivity contribution >= 4 is 5.69 Å². The molecule has 0 radical (unpaired) electrons. The summed E-state index contributed by atoms with van der Waals surface area (Å²) in [5.74, 6) is 0.481. The van der Waals surface area contributed by atoms with Crippen molar-refractivity contribution in [2.75, 3.05) is 18.0 Å². The number of nitrogens with zero attached hydrogens (tertiary/aromatic N) is 3. The third-order valence-corrected chi connectivity index (χ3v) is 3.94. The van der Waals surface area contributed by atoms with Gasteiger partial charge in [0.25, 0.3) is 0 Å². The molecule has 1 fully saturated rings. The molecule has 0 N–H and O–H groups in total. The van der Waals surface area contributed by atoms with Crippen LogP contribution in [0.4, 0.5) is 5.69 Å². The Kier molecular flexibility index (Phi) is 3.76. The van der Waals surface area contributed by atoms with Crippen LogP contribution in [0.1, 0.15) is 38.2 Å². The van der Waals surface area contributed by atoms with Crippen LogP contribution in [0, 0.1) is 28.1 Å². The summed E-state index contributed by atoms with van der Waals surface area (Å²) in [5, 5.41) is 18.3. The normalized spacial score (nSPS) is 17.8. The SMILES string of the molecule is CC(C)c1ccccc1N1CCC(C#N)(C#N)CC1. The topological polar surface area (TPSA) is 50.8 Å². The lowest BCUT2D eigenvalue weighted by Crippen LogP contribution is -2.39. The highest BCUT2D eigenvalue weighted by atomic mass is 15.1. The van der Waals surface area contributed by atoms with E-state index in [1.54, 1.807) is 0 Å². The smallest absolute Gasteiger partial charge is 0.147 e. The zero-order valence-electron chi connectivity index (χ0n) is 11.6. The molecule has 1 heterocycles. The summed E-state index contributed by atoms with van der Waals surface area (Å²) in [7, 11) is 0. The summed E-state index contributed by atoms with van der Waals surface area (Å²) in [5.41, 5.74) is 1.81. The van der Waals surface area contributed by atoms with Crippen LogP contribution >= 0.6 is 0 Å². The molecule has 19 heavy (non-hydrogen) atoms. The van der Waals surface area contributed by atoms with Gasteiger partial charge in [-0.1, -0.05) is 32.0 Å². The fourth-order valence-electron chi connectivity index (χ4n) is 2.64. The van der Waals surface area contributed by atoms with Crippen LogP contribution in [0.2, 0.25) is 0 Å². The lowest BCUT2D eigenvalue weighted by atomic mass is 9.81.